The number of carbonyl (C=O) groups is 1. The molecule has 0 aliphatic rings. The Kier molecular flexibility index (Phi) is 5.32. The quantitative estimate of drug-likeness (QED) is 0.612. The summed E-state index contributed by atoms with van der Waals surface area (Å²) in [5.41, 5.74) is 1.05. The van der Waals surface area contributed by atoms with Crippen LogP contribution in [0.4, 0.5) is 0 Å². The third-order valence-corrected chi connectivity index (χ3v) is 4.49. The molecule has 0 aliphatic carbocycles. The summed E-state index contributed by atoms with van der Waals surface area (Å²) in [7, 11) is -3.54. The Labute approximate surface area is 106 Å². The summed E-state index contributed by atoms with van der Waals surface area (Å²) in [5, 5.41) is 8.84. The molecule has 1 atom stereocenters. The smallest absolute Gasteiger partial charge is 0.303 e. The van der Waals surface area contributed by atoms with Gasteiger partial charge >= 0.3 is 5.97 Å². The molecule has 2 N–H and O–H groups in total. The van der Waals surface area contributed by atoms with Gasteiger partial charge in [0.1, 0.15) is 0 Å². The highest BCUT2D eigenvalue weighted by Crippen LogP contribution is 2.39. The Balaban J connectivity index is 2.77. The number of carboxylic acid groups (broad SMARTS) is 1. The van der Waals surface area contributed by atoms with E-state index >= 15 is 0 Å². The zero-order valence-corrected chi connectivity index (χ0v) is 11.1. The minimum Gasteiger partial charge on any atom is -0.481 e. The Morgan fingerprint density at radius 3 is 2.44 bits per heavy atom. The number of benzene rings is 1. The van der Waals surface area contributed by atoms with Gasteiger partial charge in [-0.2, -0.15) is 0 Å². The first-order valence-electron chi connectivity index (χ1n) is 5.70. The Morgan fingerprint density at radius 2 is 1.94 bits per heavy atom. The van der Waals surface area contributed by atoms with Gasteiger partial charge in [-0.25, -0.2) is 0 Å². The van der Waals surface area contributed by atoms with Crippen molar-refractivity contribution in [2.45, 2.75) is 19.8 Å². The number of rotatable bonds is 6. The lowest BCUT2D eigenvalue weighted by molar-refractivity contribution is -0.136. The lowest BCUT2D eigenvalue weighted by Gasteiger charge is -2.10. The van der Waals surface area contributed by atoms with Gasteiger partial charge in [-0.1, -0.05) is 24.3 Å². The standard InChI is InChI=1S/C13H17O4P/c1-2-3-4-11-5-7-12(8-6-11)18(16,17)10-9-13(14)15/h2-3,5-8H,4,9-10H2,1H3,(H,14,15)(H,16,17). The van der Waals surface area contributed by atoms with E-state index in [9.17, 15) is 14.3 Å². The fourth-order valence-electron chi connectivity index (χ4n) is 1.50. The van der Waals surface area contributed by atoms with Crippen LogP contribution < -0.4 is 5.30 Å². The molecule has 98 valence electrons. The van der Waals surface area contributed by atoms with Crippen LogP contribution in [0, 0.1) is 0 Å². The molecule has 5 heteroatoms. The molecule has 0 bridgehead atoms. The van der Waals surface area contributed by atoms with Gasteiger partial charge in [0.2, 0.25) is 7.37 Å². The molecule has 0 aliphatic heterocycles. The van der Waals surface area contributed by atoms with E-state index in [4.69, 9.17) is 5.11 Å². The fraction of sp³-hybridized carbons (Fsp3) is 0.308. The van der Waals surface area contributed by atoms with Gasteiger partial charge < -0.3 is 10.00 Å². The van der Waals surface area contributed by atoms with Gasteiger partial charge in [0.05, 0.1) is 6.42 Å². The van der Waals surface area contributed by atoms with E-state index in [1.807, 2.05) is 19.1 Å². The van der Waals surface area contributed by atoms with E-state index in [1.54, 1.807) is 24.3 Å². The summed E-state index contributed by atoms with van der Waals surface area (Å²) in [6.07, 6.45) is 4.20. The first kappa shape index (κ1) is 14.7. The largest absolute Gasteiger partial charge is 0.481 e. The fourth-order valence-corrected chi connectivity index (χ4v) is 2.86. The zero-order chi connectivity index (χ0) is 13.6. The summed E-state index contributed by atoms with van der Waals surface area (Å²) in [4.78, 5) is 20.2. The maximum Gasteiger partial charge on any atom is 0.303 e. The number of hydrogen-bond acceptors (Lipinski definition) is 2. The summed E-state index contributed by atoms with van der Waals surface area (Å²) in [6, 6.07) is 6.78. The highest BCUT2D eigenvalue weighted by molar-refractivity contribution is 7.66. The topological polar surface area (TPSA) is 74.6 Å². The van der Waals surface area contributed by atoms with E-state index in [2.05, 4.69) is 0 Å². The summed E-state index contributed by atoms with van der Waals surface area (Å²) >= 11 is 0. The van der Waals surface area contributed by atoms with Crippen LogP contribution in [0.3, 0.4) is 0 Å². The molecular weight excluding hydrogens is 251 g/mol. The van der Waals surface area contributed by atoms with Gasteiger partial charge in [0.25, 0.3) is 0 Å². The second-order valence-electron chi connectivity index (χ2n) is 4.01. The number of carboxylic acids is 1. The summed E-state index contributed by atoms with van der Waals surface area (Å²) in [5.74, 6) is -1.06. The molecule has 0 saturated carbocycles. The summed E-state index contributed by atoms with van der Waals surface area (Å²) < 4.78 is 11.9. The van der Waals surface area contributed by atoms with Gasteiger partial charge in [-0.05, 0) is 31.0 Å². The average Bonchev–Trinajstić information content (AvgIpc) is 2.34. The van der Waals surface area contributed by atoms with Crippen molar-refractivity contribution in [2.24, 2.45) is 0 Å². The van der Waals surface area contributed by atoms with Crippen LogP contribution in [0.5, 0.6) is 0 Å². The Hall–Kier alpha value is -1.38. The van der Waals surface area contributed by atoms with Crippen LogP contribution in [-0.4, -0.2) is 22.1 Å². The predicted molar refractivity (Wildman–Crippen MR) is 71.5 cm³/mol. The van der Waals surface area contributed by atoms with Gasteiger partial charge in [-0.3, -0.25) is 9.36 Å². The van der Waals surface area contributed by atoms with E-state index in [0.717, 1.165) is 12.0 Å². The molecule has 0 amide bonds. The molecular formula is C13H17O4P. The highest BCUT2D eigenvalue weighted by atomic mass is 31.2. The van der Waals surface area contributed by atoms with Gasteiger partial charge in [0, 0.05) is 11.5 Å². The number of allylic oxidation sites excluding steroid dienone is 2. The van der Waals surface area contributed by atoms with Crippen molar-refractivity contribution < 1.29 is 19.4 Å². The molecule has 0 aromatic heterocycles. The maximum atomic E-state index is 11.9. The Bertz CT molecular complexity index is 476. The number of aliphatic carboxylic acids is 1. The minimum atomic E-state index is -3.54. The van der Waals surface area contributed by atoms with Crippen LogP contribution in [0.25, 0.3) is 0 Å². The molecule has 18 heavy (non-hydrogen) atoms. The summed E-state index contributed by atoms with van der Waals surface area (Å²) in [6.45, 7) is 1.93. The molecule has 0 spiro atoms. The van der Waals surface area contributed by atoms with Crippen molar-refractivity contribution in [2.75, 3.05) is 6.16 Å². The lowest BCUT2D eigenvalue weighted by atomic mass is 10.1. The zero-order valence-electron chi connectivity index (χ0n) is 10.2. The van der Waals surface area contributed by atoms with Crippen LogP contribution in [-0.2, 0) is 15.8 Å². The second kappa shape index (κ2) is 6.53. The minimum absolute atomic E-state index is 0.226. The van der Waals surface area contributed by atoms with Crippen molar-refractivity contribution in [1.82, 2.24) is 0 Å². The van der Waals surface area contributed by atoms with Crippen LogP contribution in [0.15, 0.2) is 36.4 Å². The third-order valence-electron chi connectivity index (χ3n) is 2.56. The van der Waals surface area contributed by atoms with Crippen molar-refractivity contribution >= 4 is 18.6 Å². The first-order chi connectivity index (χ1) is 8.45. The third kappa shape index (κ3) is 4.47. The monoisotopic (exact) mass is 268 g/mol. The molecule has 1 aromatic rings. The average molecular weight is 268 g/mol. The molecule has 0 radical (unpaired) electrons. The SMILES string of the molecule is CC=CCc1ccc(P(=O)(O)CCC(=O)O)cc1. The molecule has 0 heterocycles. The maximum absolute atomic E-state index is 11.9. The normalized spacial score (nSPS) is 14.6. The van der Waals surface area contributed by atoms with Crippen LogP contribution >= 0.6 is 7.37 Å². The van der Waals surface area contributed by atoms with Crippen molar-refractivity contribution in [3.05, 3.63) is 42.0 Å². The van der Waals surface area contributed by atoms with E-state index in [0.29, 0.717) is 5.30 Å². The number of hydrogen-bond donors (Lipinski definition) is 2. The van der Waals surface area contributed by atoms with Crippen molar-refractivity contribution in [3.8, 4) is 0 Å². The lowest BCUT2D eigenvalue weighted by Crippen LogP contribution is -2.10. The molecule has 0 fully saturated rings. The Morgan fingerprint density at radius 1 is 1.33 bits per heavy atom. The highest BCUT2D eigenvalue weighted by Gasteiger charge is 2.22. The predicted octanol–water partition coefficient (Wildman–Crippen LogP) is 2.18. The van der Waals surface area contributed by atoms with E-state index < -0.39 is 13.3 Å². The van der Waals surface area contributed by atoms with Crippen molar-refractivity contribution in [1.29, 1.82) is 0 Å². The van der Waals surface area contributed by atoms with E-state index in [-0.39, 0.29) is 12.6 Å². The van der Waals surface area contributed by atoms with Crippen molar-refractivity contribution in [3.63, 3.8) is 0 Å². The molecule has 0 saturated heterocycles. The van der Waals surface area contributed by atoms with E-state index in [1.165, 1.54) is 0 Å². The second-order valence-corrected chi connectivity index (χ2v) is 6.38. The first-order valence-corrected chi connectivity index (χ1v) is 7.54. The molecule has 1 rings (SSSR count). The van der Waals surface area contributed by atoms with Crippen LogP contribution in [0.1, 0.15) is 18.9 Å². The molecule has 1 unspecified atom stereocenters. The van der Waals surface area contributed by atoms with Gasteiger partial charge in [-0.15, -0.1) is 0 Å². The molecule has 4 nitrogen and oxygen atoms in total. The molecule has 1 aromatic carbocycles. The van der Waals surface area contributed by atoms with Gasteiger partial charge in [0.15, 0.2) is 0 Å². The van der Waals surface area contributed by atoms with Crippen LogP contribution in [0.2, 0.25) is 0 Å².